The van der Waals surface area contributed by atoms with Crippen molar-refractivity contribution in [3.63, 3.8) is 0 Å². The minimum absolute atomic E-state index is 0.513. The van der Waals surface area contributed by atoms with Crippen molar-refractivity contribution in [2.75, 3.05) is 0 Å². The molecule has 1 N–H and O–H groups in total. The van der Waals surface area contributed by atoms with Crippen LogP contribution in [0.3, 0.4) is 0 Å². The van der Waals surface area contributed by atoms with Crippen molar-refractivity contribution < 1.29 is 14.6 Å². The van der Waals surface area contributed by atoms with Crippen LogP contribution in [0.25, 0.3) is 10.9 Å². The molecule has 0 aliphatic heterocycles. The molecule has 0 aliphatic rings. The molecule has 0 aliphatic carbocycles. The highest BCUT2D eigenvalue weighted by Crippen LogP contribution is 2.30. The van der Waals surface area contributed by atoms with Crippen molar-refractivity contribution in [2.24, 2.45) is 0 Å². The Hall–Kier alpha value is -2.24. The van der Waals surface area contributed by atoms with Crippen molar-refractivity contribution in [3.8, 4) is 5.75 Å². The molecule has 1 atom stereocenters. The highest BCUT2D eigenvalue weighted by molar-refractivity contribution is 7.99. The zero-order chi connectivity index (χ0) is 17.1. The predicted molar refractivity (Wildman–Crippen MR) is 95.0 cm³/mol. The van der Waals surface area contributed by atoms with Crippen LogP contribution in [-0.4, -0.2) is 22.2 Å². The molecule has 0 saturated heterocycles. The molecule has 0 fully saturated rings. The highest BCUT2D eigenvalue weighted by Gasteiger charge is 2.12. The van der Waals surface area contributed by atoms with E-state index in [9.17, 15) is 4.79 Å². The molecule has 0 unspecified atom stereocenters. The van der Waals surface area contributed by atoms with Crippen LogP contribution in [-0.2, 0) is 4.79 Å². The maximum atomic E-state index is 10.9. The lowest BCUT2D eigenvalue weighted by Gasteiger charge is -2.11. The quantitative estimate of drug-likeness (QED) is 0.702. The smallest absolute Gasteiger partial charge is 0.344 e. The zero-order valence-corrected chi connectivity index (χ0v) is 14.3. The van der Waals surface area contributed by atoms with E-state index in [0.29, 0.717) is 10.8 Å². The second kappa shape index (κ2) is 7.11. The van der Waals surface area contributed by atoms with Gasteiger partial charge in [0.05, 0.1) is 5.52 Å². The van der Waals surface area contributed by atoms with E-state index in [0.717, 1.165) is 20.8 Å². The maximum Gasteiger partial charge on any atom is 0.344 e. The number of hydrogen-bond acceptors (Lipinski definition) is 4. The molecule has 0 bridgehead atoms. The van der Waals surface area contributed by atoms with E-state index in [1.54, 1.807) is 12.1 Å². The fraction of sp³-hybridized carbons (Fsp3) is 0.111. The first-order valence-electron chi connectivity index (χ1n) is 7.25. The van der Waals surface area contributed by atoms with E-state index in [2.05, 4.69) is 4.98 Å². The summed E-state index contributed by atoms with van der Waals surface area (Å²) in [5, 5.41) is 11.4. The lowest BCUT2D eigenvalue weighted by Crippen LogP contribution is -2.22. The SMILES string of the molecule is C[C@@H](Oc1cccc(Sc2ccc3ccc(Cl)cc3n2)c1)C(=O)O. The Labute approximate surface area is 148 Å². The minimum atomic E-state index is -0.999. The van der Waals surface area contributed by atoms with Crippen LogP contribution >= 0.6 is 23.4 Å². The van der Waals surface area contributed by atoms with Gasteiger partial charge in [-0.1, -0.05) is 41.6 Å². The van der Waals surface area contributed by atoms with Gasteiger partial charge in [0.15, 0.2) is 6.10 Å². The molecule has 122 valence electrons. The van der Waals surface area contributed by atoms with E-state index >= 15 is 0 Å². The van der Waals surface area contributed by atoms with Gasteiger partial charge < -0.3 is 9.84 Å². The number of rotatable bonds is 5. The summed E-state index contributed by atoms with van der Waals surface area (Å²) in [6.07, 6.45) is -0.897. The Kier molecular flexibility index (Phi) is 4.92. The minimum Gasteiger partial charge on any atom is -0.479 e. The summed E-state index contributed by atoms with van der Waals surface area (Å²) in [6, 6.07) is 16.8. The van der Waals surface area contributed by atoms with Gasteiger partial charge in [-0.25, -0.2) is 9.78 Å². The number of hydrogen-bond donors (Lipinski definition) is 1. The van der Waals surface area contributed by atoms with Crippen LogP contribution in [0.4, 0.5) is 0 Å². The van der Waals surface area contributed by atoms with Gasteiger partial charge >= 0.3 is 5.97 Å². The summed E-state index contributed by atoms with van der Waals surface area (Å²) in [5.41, 5.74) is 0.833. The molecule has 0 radical (unpaired) electrons. The number of carboxylic acids is 1. The summed E-state index contributed by atoms with van der Waals surface area (Å²) in [4.78, 5) is 16.4. The number of benzene rings is 2. The molecule has 3 rings (SSSR count). The first kappa shape index (κ1) is 16.6. The Bertz CT molecular complexity index is 900. The number of carbonyl (C=O) groups is 1. The summed E-state index contributed by atoms with van der Waals surface area (Å²) in [5.74, 6) is -0.486. The summed E-state index contributed by atoms with van der Waals surface area (Å²) in [6.45, 7) is 1.50. The average molecular weight is 360 g/mol. The molecule has 4 nitrogen and oxygen atoms in total. The molecular formula is C18H14ClNO3S. The van der Waals surface area contributed by atoms with Crippen molar-refractivity contribution in [2.45, 2.75) is 22.9 Å². The van der Waals surface area contributed by atoms with Crippen molar-refractivity contribution in [1.82, 2.24) is 4.98 Å². The maximum absolute atomic E-state index is 10.9. The number of ether oxygens (including phenoxy) is 1. The first-order chi connectivity index (χ1) is 11.5. The van der Waals surface area contributed by atoms with Crippen LogP contribution in [0, 0.1) is 0 Å². The highest BCUT2D eigenvalue weighted by atomic mass is 35.5. The molecule has 0 amide bonds. The van der Waals surface area contributed by atoms with Gasteiger partial charge in [0.25, 0.3) is 0 Å². The number of nitrogens with zero attached hydrogens (tertiary/aromatic N) is 1. The van der Waals surface area contributed by atoms with E-state index in [-0.39, 0.29) is 0 Å². The van der Waals surface area contributed by atoms with E-state index in [1.165, 1.54) is 18.7 Å². The number of aliphatic carboxylic acids is 1. The molecule has 0 saturated carbocycles. The molecule has 2 aromatic carbocycles. The van der Waals surface area contributed by atoms with Crippen molar-refractivity contribution in [1.29, 1.82) is 0 Å². The third-order valence-electron chi connectivity index (χ3n) is 3.32. The first-order valence-corrected chi connectivity index (χ1v) is 8.44. The zero-order valence-electron chi connectivity index (χ0n) is 12.8. The lowest BCUT2D eigenvalue weighted by molar-refractivity contribution is -0.144. The Morgan fingerprint density at radius 1 is 1.21 bits per heavy atom. The monoisotopic (exact) mass is 359 g/mol. The van der Waals surface area contributed by atoms with Crippen LogP contribution in [0.2, 0.25) is 5.02 Å². The number of aromatic nitrogens is 1. The molecule has 0 spiro atoms. The van der Waals surface area contributed by atoms with Gasteiger partial charge in [0.2, 0.25) is 0 Å². The summed E-state index contributed by atoms with van der Waals surface area (Å²) >= 11 is 7.49. The van der Waals surface area contributed by atoms with Gasteiger partial charge in [-0.05, 0) is 43.3 Å². The Morgan fingerprint density at radius 2 is 2.00 bits per heavy atom. The number of fused-ring (bicyclic) bond motifs is 1. The van der Waals surface area contributed by atoms with Crippen LogP contribution in [0.5, 0.6) is 5.75 Å². The van der Waals surface area contributed by atoms with Gasteiger partial charge in [-0.3, -0.25) is 0 Å². The molecule has 24 heavy (non-hydrogen) atoms. The molecule has 6 heteroatoms. The predicted octanol–water partition coefficient (Wildman–Crippen LogP) is 4.89. The van der Waals surface area contributed by atoms with E-state index in [1.807, 2.05) is 42.5 Å². The summed E-state index contributed by atoms with van der Waals surface area (Å²) in [7, 11) is 0. The number of pyridine rings is 1. The van der Waals surface area contributed by atoms with E-state index in [4.69, 9.17) is 21.4 Å². The third kappa shape index (κ3) is 3.99. The number of halogens is 1. The van der Waals surface area contributed by atoms with Crippen LogP contribution in [0.1, 0.15) is 6.92 Å². The lowest BCUT2D eigenvalue weighted by atomic mass is 10.2. The largest absolute Gasteiger partial charge is 0.479 e. The van der Waals surface area contributed by atoms with Crippen molar-refractivity contribution in [3.05, 3.63) is 59.6 Å². The average Bonchev–Trinajstić information content (AvgIpc) is 2.54. The Balaban J connectivity index is 1.82. The fourth-order valence-electron chi connectivity index (χ4n) is 2.11. The van der Waals surface area contributed by atoms with Crippen molar-refractivity contribution >= 4 is 40.2 Å². The fourth-order valence-corrected chi connectivity index (χ4v) is 3.12. The van der Waals surface area contributed by atoms with Gasteiger partial charge in [0, 0.05) is 15.3 Å². The van der Waals surface area contributed by atoms with Gasteiger partial charge in [0.1, 0.15) is 10.8 Å². The number of carboxylic acid groups (broad SMARTS) is 1. The standard InChI is InChI=1S/C18H14ClNO3S/c1-11(18(21)22)23-14-3-2-4-15(10-14)24-17-8-6-12-5-7-13(19)9-16(12)20-17/h2-11H,1H3,(H,21,22)/t11-/m1/s1. The third-order valence-corrected chi connectivity index (χ3v) is 4.48. The molecule has 1 heterocycles. The topological polar surface area (TPSA) is 59.4 Å². The Morgan fingerprint density at radius 3 is 2.79 bits per heavy atom. The molecule has 1 aromatic heterocycles. The summed E-state index contributed by atoms with van der Waals surface area (Å²) < 4.78 is 5.39. The van der Waals surface area contributed by atoms with Gasteiger partial charge in [-0.15, -0.1) is 0 Å². The van der Waals surface area contributed by atoms with Crippen LogP contribution < -0.4 is 4.74 Å². The molecular weight excluding hydrogens is 346 g/mol. The van der Waals surface area contributed by atoms with Gasteiger partial charge in [-0.2, -0.15) is 0 Å². The van der Waals surface area contributed by atoms with E-state index < -0.39 is 12.1 Å². The van der Waals surface area contributed by atoms with Crippen LogP contribution in [0.15, 0.2) is 64.5 Å². The second-order valence-corrected chi connectivity index (χ2v) is 6.69. The second-order valence-electron chi connectivity index (χ2n) is 5.16. The normalized spacial score (nSPS) is 12.1. The molecule has 3 aromatic rings.